The van der Waals surface area contributed by atoms with E-state index in [0.29, 0.717) is 6.54 Å². The molecule has 0 radical (unpaired) electrons. The fourth-order valence-electron chi connectivity index (χ4n) is 1.93. The molecule has 0 atom stereocenters. The van der Waals surface area contributed by atoms with E-state index >= 15 is 0 Å². The number of methoxy groups -OCH3 is 3. The van der Waals surface area contributed by atoms with Gasteiger partial charge in [-0.25, -0.2) is 0 Å². The summed E-state index contributed by atoms with van der Waals surface area (Å²) in [6.07, 6.45) is 0. The minimum atomic E-state index is 0.693. The van der Waals surface area contributed by atoms with Crippen molar-refractivity contribution in [1.82, 2.24) is 0 Å². The van der Waals surface area contributed by atoms with Gasteiger partial charge in [0.15, 0.2) is 0 Å². The molecule has 0 amide bonds. The molecule has 0 unspecified atom stereocenters. The molecule has 0 saturated heterocycles. The predicted molar refractivity (Wildman–Crippen MR) is 87.6 cm³/mol. The van der Waals surface area contributed by atoms with Gasteiger partial charge in [0.1, 0.15) is 17.2 Å². The number of nitrogens with one attached hydrogen (secondary N) is 1. The molecule has 0 fully saturated rings. The molecule has 0 spiro atoms. The van der Waals surface area contributed by atoms with Crippen LogP contribution >= 0.6 is 15.9 Å². The molecular weight excluding hydrogens is 334 g/mol. The van der Waals surface area contributed by atoms with E-state index < -0.39 is 0 Å². The van der Waals surface area contributed by atoms with Crippen molar-refractivity contribution < 1.29 is 14.2 Å². The third-order valence-electron chi connectivity index (χ3n) is 3.06. The number of anilines is 1. The van der Waals surface area contributed by atoms with Crippen LogP contribution in [0.25, 0.3) is 0 Å². The Kier molecular flexibility index (Phi) is 5.33. The molecule has 0 aliphatic carbocycles. The van der Waals surface area contributed by atoms with Gasteiger partial charge in [0.2, 0.25) is 0 Å². The average molecular weight is 352 g/mol. The van der Waals surface area contributed by atoms with E-state index in [-0.39, 0.29) is 0 Å². The smallest absolute Gasteiger partial charge is 0.133 e. The normalized spacial score (nSPS) is 10.1. The SMILES string of the molecule is COc1cc(NCc2ccc(OC)c(Br)c2)cc(OC)c1. The van der Waals surface area contributed by atoms with Crippen molar-refractivity contribution in [1.29, 1.82) is 0 Å². The fourth-order valence-corrected chi connectivity index (χ4v) is 2.52. The number of rotatable bonds is 6. The molecule has 0 aliphatic rings. The van der Waals surface area contributed by atoms with Crippen LogP contribution in [0.1, 0.15) is 5.56 Å². The molecule has 0 heterocycles. The molecule has 1 N–H and O–H groups in total. The first kappa shape index (κ1) is 15.5. The van der Waals surface area contributed by atoms with Crippen molar-refractivity contribution >= 4 is 21.6 Å². The minimum absolute atomic E-state index is 0.693. The van der Waals surface area contributed by atoms with Crippen LogP contribution in [0.4, 0.5) is 5.69 Å². The summed E-state index contributed by atoms with van der Waals surface area (Å²) in [6.45, 7) is 0.693. The fraction of sp³-hybridized carbons (Fsp3) is 0.250. The van der Waals surface area contributed by atoms with Gasteiger partial charge in [0.05, 0.1) is 25.8 Å². The summed E-state index contributed by atoms with van der Waals surface area (Å²) in [4.78, 5) is 0. The highest BCUT2D eigenvalue weighted by atomic mass is 79.9. The van der Waals surface area contributed by atoms with Gasteiger partial charge in [-0.05, 0) is 33.6 Å². The Morgan fingerprint density at radius 2 is 1.57 bits per heavy atom. The third kappa shape index (κ3) is 4.04. The molecule has 5 heteroatoms. The van der Waals surface area contributed by atoms with Crippen LogP contribution in [0.2, 0.25) is 0 Å². The Hall–Kier alpha value is -1.88. The number of halogens is 1. The highest BCUT2D eigenvalue weighted by molar-refractivity contribution is 9.10. The molecule has 0 aromatic heterocycles. The van der Waals surface area contributed by atoms with Gasteiger partial charge < -0.3 is 19.5 Å². The molecule has 0 saturated carbocycles. The summed E-state index contributed by atoms with van der Waals surface area (Å²) in [6, 6.07) is 11.7. The number of hydrogen-bond acceptors (Lipinski definition) is 4. The monoisotopic (exact) mass is 351 g/mol. The summed E-state index contributed by atoms with van der Waals surface area (Å²) in [5.74, 6) is 2.34. The lowest BCUT2D eigenvalue weighted by atomic mass is 10.2. The van der Waals surface area contributed by atoms with Crippen LogP contribution in [-0.2, 0) is 6.54 Å². The van der Waals surface area contributed by atoms with Crippen molar-refractivity contribution in [2.45, 2.75) is 6.54 Å². The lowest BCUT2D eigenvalue weighted by Gasteiger charge is -2.11. The highest BCUT2D eigenvalue weighted by Crippen LogP contribution is 2.28. The summed E-state index contributed by atoms with van der Waals surface area (Å²) < 4.78 is 16.7. The Labute approximate surface area is 133 Å². The summed E-state index contributed by atoms with van der Waals surface area (Å²) >= 11 is 3.49. The standard InChI is InChI=1S/C16H18BrNO3/c1-19-13-7-12(8-14(9-13)20-2)18-10-11-4-5-16(21-3)15(17)6-11/h4-9,18H,10H2,1-3H3. The molecule has 21 heavy (non-hydrogen) atoms. The zero-order chi connectivity index (χ0) is 15.2. The first-order valence-corrected chi connectivity index (χ1v) is 7.25. The Bertz CT molecular complexity index is 594. The van der Waals surface area contributed by atoms with E-state index in [2.05, 4.69) is 21.2 Å². The molecule has 2 aromatic rings. The summed E-state index contributed by atoms with van der Waals surface area (Å²) in [7, 11) is 4.93. The van der Waals surface area contributed by atoms with E-state index in [9.17, 15) is 0 Å². The van der Waals surface area contributed by atoms with Crippen molar-refractivity contribution in [3.63, 3.8) is 0 Å². The quantitative estimate of drug-likeness (QED) is 0.850. The Morgan fingerprint density at radius 1 is 0.905 bits per heavy atom. The van der Waals surface area contributed by atoms with Crippen molar-refractivity contribution in [2.24, 2.45) is 0 Å². The molecule has 4 nitrogen and oxygen atoms in total. The maximum absolute atomic E-state index is 5.25. The van der Waals surface area contributed by atoms with E-state index in [1.54, 1.807) is 21.3 Å². The largest absolute Gasteiger partial charge is 0.497 e. The van der Waals surface area contributed by atoms with Crippen LogP contribution in [-0.4, -0.2) is 21.3 Å². The molecule has 2 rings (SSSR count). The number of hydrogen-bond donors (Lipinski definition) is 1. The molecular formula is C16H18BrNO3. The van der Waals surface area contributed by atoms with Crippen LogP contribution in [0.3, 0.4) is 0 Å². The Morgan fingerprint density at radius 3 is 2.10 bits per heavy atom. The second-order valence-corrected chi connectivity index (χ2v) is 5.28. The van der Waals surface area contributed by atoms with Gasteiger partial charge in [-0.3, -0.25) is 0 Å². The van der Waals surface area contributed by atoms with Crippen molar-refractivity contribution in [3.05, 3.63) is 46.4 Å². The second-order valence-electron chi connectivity index (χ2n) is 4.42. The van der Waals surface area contributed by atoms with Gasteiger partial charge in [-0.1, -0.05) is 6.07 Å². The average Bonchev–Trinajstić information content (AvgIpc) is 2.52. The molecule has 112 valence electrons. The van der Waals surface area contributed by atoms with E-state index in [4.69, 9.17) is 14.2 Å². The lowest BCUT2D eigenvalue weighted by Crippen LogP contribution is -2.00. The van der Waals surface area contributed by atoms with Gasteiger partial charge in [0.25, 0.3) is 0 Å². The van der Waals surface area contributed by atoms with Gasteiger partial charge in [0, 0.05) is 30.4 Å². The van der Waals surface area contributed by atoms with E-state index in [1.165, 1.54) is 0 Å². The van der Waals surface area contributed by atoms with Gasteiger partial charge in [-0.2, -0.15) is 0 Å². The van der Waals surface area contributed by atoms with Crippen molar-refractivity contribution in [2.75, 3.05) is 26.6 Å². The second kappa shape index (κ2) is 7.22. The maximum atomic E-state index is 5.25. The first-order valence-electron chi connectivity index (χ1n) is 6.45. The van der Waals surface area contributed by atoms with Crippen LogP contribution in [0, 0.1) is 0 Å². The lowest BCUT2D eigenvalue weighted by molar-refractivity contribution is 0.394. The maximum Gasteiger partial charge on any atom is 0.133 e. The zero-order valence-corrected chi connectivity index (χ0v) is 13.9. The number of benzene rings is 2. The van der Waals surface area contributed by atoms with Crippen LogP contribution in [0.5, 0.6) is 17.2 Å². The minimum Gasteiger partial charge on any atom is -0.497 e. The third-order valence-corrected chi connectivity index (χ3v) is 3.68. The summed E-state index contributed by atoms with van der Waals surface area (Å²) in [5, 5.41) is 3.35. The topological polar surface area (TPSA) is 39.7 Å². The molecule has 2 aromatic carbocycles. The number of ether oxygens (including phenoxy) is 3. The predicted octanol–water partition coefficient (Wildman–Crippen LogP) is 4.09. The van der Waals surface area contributed by atoms with Gasteiger partial charge in [-0.15, -0.1) is 0 Å². The highest BCUT2D eigenvalue weighted by Gasteiger charge is 2.04. The van der Waals surface area contributed by atoms with Crippen LogP contribution < -0.4 is 19.5 Å². The Balaban J connectivity index is 2.10. The van der Waals surface area contributed by atoms with Crippen molar-refractivity contribution in [3.8, 4) is 17.2 Å². The molecule has 0 bridgehead atoms. The van der Waals surface area contributed by atoms with Gasteiger partial charge >= 0.3 is 0 Å². The van der Waals surface area contributed by atoms with E-state index in [1.807, 2.05) is 36.4 Å². The van der Waals surface area contributed by atoms with E-state index in [0.717, 1.165) is 33.0 Å². The zero-order valence-electron chi connectivity index (χ0n) is 12.3. The molecule has 0 aliphatic heterocycles. The first-order chi connectivity index (χ1) is 10.2. The van der Waals surface area contributed by atoms with Crippen LogP contribution in [0.15, 0.2) is 40.9 Å². The summed E-state index contributed by atoms with van der Waals surface area (Å²) in [5.41, 5.74) is 2.09.